The van der Waals surface area contributed by atoms with Gasteiger partial charge < -0.3 is 10.6 Å². The molecule has 4 nitrogen and oxygen atoms in total. The molecule has 120 valence electrons. The number of nitrogens with one attached hydrogen (secondary N) is 2. The van der Waals surface area contributed by atoms with Gasteiger partial charge in [0.05, 0.1) is 6.42 Å². The Labute approximate surface area is 136 Å². The van der Waals surface area contributed by atoms with Crippen LogP contribution in [-0.2, 0) is 11.2 Å². The third-order valence-corrected chi connectivity index (χ3v) is 3.76. The van der Waals surface area contributed by atoms with Crippen LogP contribution in [0.2, 0.25) is 0 Å². The van der Waals surface area contributed by atoms with E-state index in [1.165, 1.54) is 0 Å². The van der Waals surface area contributed by atoms with Gasteiger partial charge in [0, 0.05) is 18.3 Å². The lowest BCUT2D eigenvalue weighted by molar-refractivity contribution is -0.119. The van der Waals surface area contributed by atoms with Crippen LogP contribution >= 0.6 is 0 Å². The molecule has 2 amide bonds. The van der Waals surface area contributed by atoms with Crippen molar-refractivity contribution in [3.8, 4) is 0 Å². The molecule has 23 heavy (non-hydrogen) atoms. The topological polar surface area (TPSA) is 58.2 Å². The van der Waals surface area contributed by atoms with E-state index in [0.29, 0.717) is 12.0 Å². The molecule has 0 saturated heterocycles. The summed E-state index contributed by atoms with van der Waals surface area (Å²) in [5.41, 5.74) is 5.42. The lowest BCUT2D eigenvalue weighted by Gasteiger charge is -2.12. The maximum Gasteiger partial charge on any atom is 0.256 e. The summed E-state index contributed by atoms with van der Waals surface area (Å²) in [5, 5.41) is 5.50. The number of hydrogen-bond acceptors (Lipinski definition) is 2. The van der Waals surface area contributed by atoms with Crippen molar-refractivity contribution < 1.29 is 9.59 Å². The van der Waals surface area contributed by atoms with Crippen molar-refractivity contribution >= 4 is 17.5 Å². The molecule has 0 unspecified atom stereocenters. The van der Waals surface area contributed by atoms with Crippen LogP contribution in [0, 0.1) is 20.8 Å². The molecule has 0 spiro atoms. The minimum absolute atomic E-state index is 0.0345. The normalized spacial score (nSPS) is 10.3. The summed E-state index contributed by atoms with van der Waals surface area (Å²) in [6.45, 7) is 5.91. The van der Waals surface area contributed by atoms with Gasteiger partial charge in [0.1, 0.15) is 0 Å². The first-order valence-electron chi connectivity index (χ1n) is 7.59. The van der Waals surface area contributed by atoms with Crippen molar-refractivity contribution in [3.63, 3.8) is 0 Å². The lowest BCUT2D eigenvalue weighted by atomic mass is 9.99. The van der Waals surface area contributed by atoms with Crippen LogP contribution in [0.25, 0.3) is 0 Å². The lowest BCUT2D eigenvalue weighted by Crippen LogP contribution is -2.20. The number of likely N-dealkylation sites (N-methyl/N-ethyl adjacent to an activating group) is 1. The van der Waals surface area contributed by atoms with Crippen molar-refractivity contribution in [2.45, 2.75) is 27.2 Å². The van der Waals surface area contributed by atoms with Crippen molar-refractivity contribution in [1.29, 1.82) is 0 Å². The molecule has 0 bridgehead atoms. The van der Waals surface area contributed by atoms with E-state index in [4.69, 9.17) is 0 Å². The first kappa shape index (κ1) is 16.7. The Morgan fingerprint density at radius 1 is 0.957 bits per heavy atom. The molecular weight excluding hydrogens is 288 g/mol. The minimum Gasteiger partial charge on any atom is -0.359 e. The summed E-state index contributed by atoms with van der Waals surface area (Å²) in [6, 6.07) is 11.3. The second-order valence-electron chi connectivity index (χ2n) is 5.77. The van der Waals surface area contributed by atoms with Crippen molar-refractivity contribution in [2.24, 2.45) is 0 Å². The highest BCUT2D eigenvalue weighted by Gasteiger charge is 2.13. The number of aryl methyl sites for hydroxylation is 3. The number of hydrogen-bond donors (Lipinski definition) is 2. The number of amides is 2. The summed E-state index contributed by atoms with van der Waals surface area (Å²) in [6.07, 6.45) is 0.334. The van der Waals surface area contributed by atoms with Crippen LogP contribution in [0.4, 0.5) is 5.69 Å². The highest BCUT2D eigenvalue weighted by Crippen LogP contribution is 2.19. The second-order valence-corrected chi connectivity index (χ2v) is 5.77. The van der Waals surface area contributed by atoms with Gasteiger partial charge in [-0.1, -0.05) is 29.8 Å². The summed E-state index contributed by atoms with van der Waals surface area (Å²) in [4.78, 5) is 23.9. The van der Waals surface area contributed by atoms with E-state index >= 15 is 0 Å². The Balaban J connectivity index is 2.13. The van der Waals surface area contributed by atoms with Gasteiger partial charge in [0.2, 0.25) is 5.91 Å². The van der Waals surface area contributed by atoms with Crippen LogP contribution in [0.15, 0.2) is 36.4 Å². The summed E-state index contributed by atoms with van der Waals surface area (Å²) in [7, 11) is 1.61. The highest BCUT2D eigenvalue weighted by molar-refractivity contribution is 6.06. The number of anilines is 1. The summed E-state index contributed by atoms with van der Waals surface area (Å²) >= 11 is 0. The van der Waals surface area contributed by atoms with Crippen molar-refractivity contribution in [2.75, 3.05) is 12.4 Å². The maximum absolute atomic E-state index is 12.5. The van der Waals surface area contributed by atoms with Gasteiger partial charge in [0.15, 0.2) is 0 Å². The molecule has 0 aromatic heterocycles. The number of rotatable bonds is 4. The van der Waals surface area contributed by atoms with Gasteiger partial charge in [0.25, 0.3) is 5.91 Å². The Morgan fingerprint density at radius 3 is 2.04 bits per heavy atom. The van der Waals surface area contributed by atoms with Gasteiger partial charge in [-0.25, -0.2) is 0 Å². The standard InChI is InChI=1S/C19H22N2O2/c1-12-9-13(2)18(14(3)10-12)19(23)21-16-7-5-15(6-8-16)11-17(22)20-4/h5-10H,11H2,1-4H3,(H,20,22)(H,21,23). The first-order chi connectivity index (χ1) is 10.9. The molecule has 0 aliphatic heterocycles. The van der Waals surface area contributed by atoms with E-state index in [9.17, 15) is 9.59 Å². The molecule has 0 heterocycles. The zero-order valence-electron chi connectivity index (χ0n) is 14.0. The zero-order chi connectivity index (χ0) is 17.0. The molecule has 4 heteroatoms. The molecular formula is C19H22N2O2. The van der Waals surface area contributed by atoms with E-state index in [1.807, 2.05) is 57.2 Å². The Kier molecular flexibility index (Phi) is 5.16. The Bertz CT molecular complexity index is 711. The maximum atomic E-state index is 12.5. The Hall–Kier alpha value is -2.62. The van der Waals surface area contributed by atoms with E-state index in [-0.39, 0.29) is 11.8 Å². The fraction of sp³-hybridized carbons (Fsp3) is 0.263. The van der Waals surface area contributed by atoms with Crippen LogP contribution in [0.5, 0.6) is 0 Å². The zero-order valence-corrected chi connectivity index (χ0v) is 14.0. The van der Waals surface area contributed by atoms with Gasteiger partial charge in [-0.05, 0) is 49.6 Å². The molecule has 0 aliphatic rings. The predicted molar refractivity (Wildman–Crippen MR) is 92.8 cm³/mol. The smallest absolute Gasteiger partial charge is 0.256 e. The third kappa shape index (κ3) is 4.19. The van der Waals surface area contributed by atoms with Gasteiger partial charge in [-0.3, -0.25) is 9.59 Å². The predicted octanol–water partition coefficient (Wildman–Crippen LogP) is 3.15. The fourth-order valence-corrected chi connectivity index (χ4v) is 2.71. The van der Waals surface area contributed by atoms with Gasteiger partial charge >= 0.3 is 0 Å². The summed E-state index contributed by atoms with van der Waals surface area (Å²) in [5.74, 6) is -0.147. The van der Waals surface area contributed by atoms with Crippen molar-refractivity contribution in [3.05, 3.63) is 64.2 Å². The number of benzene rings is 2. The summed E-state index contributed by atoms with van der Waals surface area (Å²) < 4.78 is 0. The monoisotopic (exact) mass is 310 g/mol. The van der Waals surface area contributed by atoms with Gasteiger partial charge in [-0.2, -0.15) is 0 Å². The molecule has 0 aliphatic carbocycles. The van der Waals surface area contributed by atoms with Crippen LogP contribution in [0.1, 0.15) is 32.6 Å². The molecule has 2 aromatic rings. The van der Waals surface area contributed by atoms with Crippen molar-refractivity contribution in [1.82, 2.24) is 5.32 Å². The van der Waals surface area contributed by atoms with E-state index in [1.54, 1.807) is 7.05 Å². The van der Waals surface area contributed by atoms with Crippen LogP contribution < -0.4 is 10.6 Å². The molecule has 2 aromatic carbocycles. The van der Waals surface area contributed by atoms with E-state index < -0.39 is 0 Å². The quantitative estimate of drug-likeness (QED) is 0.911. The minimum atomic E-state index is -0.112. The fourth-order valence-electron chi connectivity index (χ4n) is 2.71. The average Bonchev–Trinajstić information content (AvgIpc) is 2.48. The third-order valence-electron chi connectivity index (χ3n) is 3.76. The molecule has 0 atom stereocenters. The highest BCUT2D eigenvalue weighted by atomic mass is 16.2. The van der Waals surface area contributed by atoms with E-state index in [0.717, 1.165) is 27.9 Å². The first-order valence-corrected chi connectivity index (χ1v) is 7.59. The largest absolute Gasteiger partial charge is 0.359 e. The number of carbonyl (C=O) groups excluding carboxylic acids is 2. The second kappa shape index (κ2) is 7.09. The Morgan fingerprint density at radius 2 is 1.52 bits per heavy atom. The van der Waals surface area contributed by atoms with Crippen LogP contribution in [0.3, 0.4) is 0 Å². The average molecular weight is 310 g/mol. The SMILES string of the molecule is CNC(=O)Cc1ccc(NC(=O)c2c(C)cc(C)cc2C)cc1. The molecule has 0 radical (unpaired) electrons. The number of carbonyl (C=O) groups is 2. The van der Waals surface area contributed by atoms with Gasteiger partial charge in [-0.15, -0.1) is 0 Å². The van der Waals surface area contributed by atoms with E-state index in [2.05, 4.69) is 10.6 Å². The molecule has 0 saturated carbocycles. The van der Waals surface area contributed by atoms with Crippen LogP contribution in [-0.4, -0.2) is 18.9 Å². The molecule has 0 fully saturated rings. The molecule has 2 N–H and O–H groups in total. The molecule has 2 rings (SSSR count).